The predicted octanol–water partition coefficient (Wildman–Crippen LogP) is 5.09. The fraction of sp³-hybridized carbons (Fsp3) is 0.211. The van der Waals surface area contributed by atoms with E-state index in [2.05, 4.69) is 20.7 Å². The number of ketones is 1. The van der Waals surface area contributed by atoms with E-state index in [4.69, 9.17) is 20.6 Å². The summed E-state index contributed by atoms with van der Waals surface area (Å²) in [6, 6.07) is 13.6. The van der Waals surface area contributed by atoms with Crippen molar-refractivity contribution in [3.05, 3.63) is 59.1 Å². The first-order valence-corrected chi connectivity index (χ1v) is 10.9. The largest absolute Gasteiger partial charge is 0.385 e. The molecule has 3 rings (SSSR count). The maximum Gasteiger partial charge on any atom is 0.385 e. The Bertz CT molecular complexity index is 1070. The molecule has 10 heteroatoms. The zero-order valence-electron chi connectivity index (χ0n) is 15.9. The third-order valence-electron chi connectivity index (χ3n) is 3.91. The van der Waals surface area contributed by atoms with Crippen LogP contribution in [0.25, 0.3) is 10.9 Å². The zero-order valence-corrected chi connectivity index (χ0v) is 17.5. The monoisotopic (exact) mass is 434 g/mol. The topological polar surface area (TPSA) is 106 Å². The molecule has 0 amide bonds. The summed E-state index contributed by atoms with van der Waals surface area (Å²) in [6.07, 6.45) is 0. The van der Waals surface area contributed by atoms with E-state index in [0.717, 1.165) is 10.9 Å². The van der Waals surface area contributed by atoms with Gasteiger partial charge in [-0.05, 0) is 50.2 Å². The van der Waals surface area contributed by atoms with Crippen LogP contribution >= 0.6 is 19.2 Å². The van der Waals surface area contributed by atoms with Crippen LogP contribution in [-0.2, 0) is 13.6 Å². The SMILES string of the molecule is CCOP(=O)(OCC)/C(=N/Nc1n[nH]c2ccccc12)C(=O)c1ccc(Cl)cc1. The number of aromatic nitrogens is 2. The number of H-pyrrole nitrogens is 1. The average molecular weight is 435 g/mol. The molecule has 1 heterocycles. The molecule has 0 aliphatic heterocycles. The van der Waals surface area contributed by atoms with Crippen LogP contribution in [0.4, 0.5) is 5.82 Å². The van der Waals surface area contributed by atoms with Crippen molar-refractivity contribution < 1.29 is 18.4 Å². The zero-order chi connectivity index (χ0) is 20.9. The number of fused-ring (bicyclic) bond motifs is 1. The Hall–Kier alpha value is -2.51. The molecular weight excluding hydrogens is 415 g/mol. The van der Waals surface area contributed by atoms with Crippen molar-refractivity contribution in [1.29, 1.82) is 0 Å². The van der Waals surface area contributed by atoms with E-state index in [0.29, 0.717) is 10.8 Å². The third kappa shape index (κ3) is 4.74. The van der Waals surface area contributed by atoms with Gasteiger partial charge in [-0.15, -0.1) is 0 Å². The van der Waals surface area contributed by atoms with Gasteiger partial charge in [0, 0.05) is 16.0 Å². The first-order valence-electron chi connectivity index (χ1n) is 8.95. The van der Waals surface area contributed by atoms with Crippen LogP contribution in [0.15, 0.2) is 53.6 Å². The summed E-state index contributed by atoms with van der Waals surface area (Å²) in [5.74, 6) is -0.221. The molecule has 152 valence electrons. The number of rotatable bonds is 9. The minimum Gasteiger partial charge on any atom is -0.304 e. The van der Waals surface area contributed by atoms with E-state index < -0.39 is 13.4 Å². The van der Waals surface area contributed by atoms with Crippen LogP contribution in [-0.4, -0.2) is 34.6 Å². The maximum atomic E-state index is 13.3. The van der Waals surface area contributed by atoms with Crippen molar-refractivity contribution in [3.8, 4) is 0 Å². The van der Waals surface area contributed by atoms with Gasteiger partial charge in [0.15, 0.2) is 5.82 Å². The lowest BCUT2D eigenvalue weighted by Gasteiger charge is -2.18. The highest BCUT2D eigenvalue weighted by Gasteiger charge is 2.38. The molecule has 1 aromatic heterocycles. The Morgan fingerprint density at radius 2 is 1.79 bits per heavy atom. The van der Waals surface area contributed by atoms with E-state index in [1.54, 1.807) is 26.0 Å². The molecule has 2 aromatic carbocycles. The minimum absolute atomic E-state index is 0.0789. The summed E-state index contributed by atoms with van der Waals surface area (Å²) >= 11 is 5.90. The highest BCUT2D eigenvalue weighted by atomic mass is 35.5. The van der Waals surface area contributed by atoms with Crippen LogP contribution < -0.4 is 5.43 Å². The number of nitrogens with one attached hydrogen (secondary N) is 2. The van der Waals surface area contributed by atoms with Crippen LogP contribution in [0.3, 0.4) is 0 Å². The molecule has 0 fully saturated rings. The standard InChI is InChI=1S/C19H20ClN4O4P/c1-3-27-29(26,28-4-2)19(17(25)13-9-11-14(20)12-10-13)24-23-18-15-7-5-6-8-16(15)21-22-18/h5-12H,3-4H2,1-2H3,(H2,21,22,23)/b24-19+. The molecule has 0 saturated carbocycles. The van der Waals surface area contributed by atoms with Gasteiger partial charge in [0.25, 0.3) is 0 Å². The van der Waals surface area contributed by atoms with Gasteiger partial charge in [-0.1, -0.05) is 23.7 Å². The van der Waals surface area contributed by atoms with Gasteiger partial charge in [0.2, 0.25) is 11.2 Å². The number of hydrogen-bond donors (Lipinski definition) is 2. The Kier molecular flexibility index (Phi) is 6.82. The van der Waals surface area contributed by atoms with E-state index in [1.165, 1.54) is 12.1 Å². The van der Waals surface area contributed by atoms with E-state index in [-0.39, 0.29) is 24.2 Å². The number of nitrogens with zero attached hydrogens (tertiary/aromatic N) is 2. The van der Waals surface area contributed by atoms with Gasteiger partial charge < -0.3 is 9.05 Å². The molecule has 0 aliphatic carbocycles. The van der Waals surface area contributed by atoms with Crippen LogP contribution in [0.1, 0.15) is 24.2 Å². The Labute approximate surface area is 172 Å². The normalized spacial score (nSPS) is 12.3. The number of carbonyl (C=O) groups is 1. The second-order valence-corrected chi connectivity index (χ2v) is 8.21. The number of hydrazone groups is 1. The number of anilines is 1. The van der Waals surface area contributed by atoms with Crippen LogP contribution in [0.2, 0.25) is 5.02 Å². The van der Waals surface area contributed by atoms with Gasteiger partial charge in [0.1, 0.15) is 0 Å². The number of Topliss-reactive ketones (excluding diaryl/α,β-unsaturated/α-hetero) is 1. The smallest absolute Gasteiger partial charge is 0.304 e. The second kappa shape index (κ2) is 9.33. The number of halogens is 1. The third-order valence-corrected chi connectivity index (χ3v) is 6.18. The highest BCUT2D eigenvalue weighted by Crippen LogP contribution is 2.50. The number of benzene rings is 2. The molecule has 0 atom stereocenters. The van der Waals surface area contributed by atoms with Crippen molar-refractivity contribution in [2.45, 2.75) is 13.8 Å². The first-order chi connectivity index (χ1) is 14.0. The number of hydrogen-bond acceptors (Lipinski definition) is 7. The molecular formula is C19H20ClN4O4P. The van der Waals surface area contributed by atoms with Crippen molar-refractivity contribution >= 4 is 47.2 Å². The van der Waals surface area contributed by atoms with Crippen molar-refractivity contribution in [1.82, 2.24) is 10.2 Å². The highest BCUT2D eigenvalue weighted by molar-refractivity contribution is 7.75. The molecule has 0 bridgehead atoms. The van der Waals surface area contributed by atoms with Gasteiger partial charge in [0.05, 0.1) is 18.7 Å². The Morgan fingerprint density at radius 1 is 1.14 bits per heavy atom. The molecule has 0 radical (unpaired) electrons. The van der Waals surface area contributed by atoms with Gasteiger partial charge in [-0.2, -0.15) is 10.2 Å². The first kappa shape index (κ1) is 21.2. The number of para-hydroxylation sites is 1. The van der Waals surface area contributed by atoms with Crippen molar-refractivity contribution in [3.63, 3.8) is 0 Å². The van der Waals surface area contributed by atoms with E-state index in [1.807, 2.05) is 24.3 Å². The van der Waals surface area contributed by atoms with Gasteiger partial charge in [-0.3, -0.25) is 19.9 Å². The van der Waals surface area contributed by atoms with E-state index >= 15 is 0 Å². The summed E-state index contributed by atoms with van der Waals surface area (Å²) in [4.78, 5) is 13.1. The van der Waals surface area contributed by atoms with Crippen molar-refractivity contribution in [2.24, 2.45) is 5.10 Å². The fourth-order valence-corrected chi connectivity index (χ4v) is 4.30. The fourth-order valence-electron chi connectivity index (χ4n) is 2.62. The summed E-state index contributed by atoms with van der Waals surface area (Å²) in [5.41, 5.74) is 3.39. The lowest BCUT2D eigenvalue weighted by atomic mass is 10.1. The van der Waals surface area contributed by atoms with Gasteiger partial charge in [-0.25, -0.2) is 0 Å². The van der Waals surface area contributed by atoms with Crippen molar-refractivity contribution in [2.75, 3.05) is 18.6 Å². The lowest BCUT2D eigenvalue weighted by Crippen LogP contribution is -2.20. The molecule has 0 unspecified atom stereocenters. The van der Waals surface area contributed by atoms with Crippen LogP contribution in [0.5, 0.6) is 0 Å². The molecule has 29 heavy (non-hydrogen) atoms. The quantitative estimate of drug-likeness (QED) is 0.210. The summed E-state index contributed by atoms with van der Waals surface area (Å²) in [7, 11) is -3.97. The average Bonchev–Trinajstić information content (AvgIpc) is 3.12. The summed E-state index contributed by atoms with van der Waals surface area (Å²) in [5, 5.41) is 12.3. The maximum absolute atomic E-state index is 13.3. The van der Waals surface area contributed by atoms with Crippen LogP contribution in [0, 0.1) is 0 Å². The second-order valence-electron chi connectivity index (χ2n) is 5.83. The predicted molar refractivity (Wildman–Crippen MR) is 114 cm³/mol. The molecule has 0 saturated heterocycles. The van der Waals surface area contributed by atoms with E-state index in [9.17, 15) is 9.36 Å². The Morgan fingerprint density at radius 3 is 2.45 bits per heavy atom. The lowest BCUT2D eigenvalue weighted by molar-refractivity contribution is 0.106. The minimum atomic E-state index is -3.97. The molecule has 2 N–H and O–H groups in total. The number of carbonyl (C=O) groups excluding carboxylic acids is 1. The Balaban J connectivity index is 2.03. The molecule has 0 aliphatic rings. The molecule has 3 aromatic rings. The molecule has 8 nitrogen and oxygen atoms in total. The number of aromatic amines is 1. The van der Waals surface area contributed by atoms with Gasteiger partial charge >= 0.3 is 7.60 Å². The molecule has 0 spiro atoms. The summed E-state index contributed by atoms with van der Waals surface area (Å²) in [6.45, 7) is 3.47. The summed E-state index contributed by atoms with van der Waals surface area (Å²) < 4.78 is 24.0.